The molecule has 4 nitrogen and oxygen atoms in total. The number of ether oxygens (including phenoxy) is 1. The first-order valence-corrected chi connectivity index (χ1v) is 5.95. The highest BCUT2D eigenvalue weighted by Crippen LogP contribution is 2.12. The van der Waals surface area contributed by atoms with Crippen molar-refractivity contribution in [2.24, 2.45) is 0 Å². The Morgan fingerprint density at radius 1 is 1.40 bits per heavy atom. The van der Waals surface area contributed by atoms with E-state index in [0.29, 0.717) is 31.6 Å². The van der Waals surface area contributed by atoms with Gasteiger partial charge in [0.1, 0.15) is 0 Å². The maximum Gasteiger partial charge on any atom is 0.222 e. The van der Waals surface area contributed by atoms with Gasteiger partial charge in [-0.05, 0) is 25.8 Å². The van der Waals surface area contributed by atoms with E-state index in [0.717, 1.165) is 32.5 Å². The van der Waals surface area contributed by atoms with Crippen LogP contribution in [0.4, 0.5) is 0 Å². The molecule has 0 aromatic rings. The molecule has 2 aliphatic heterocycles. The Hall–Kier alpha value is -0.610. The molecule has 1 atom stereocenters. The smallest absolute Gasteiger partial charge is 0.222 e. The molecule has 0 aliphatic carbocycles. The zero-order chi connectivity index (χ0) is 10.5. The van der Waals surface area contributed by atoms with Crippen LogP contribution in [0.5, 0.6) is 0 Å². The van der Waals surface area contributed by atoms with Crippen LogP contribution < -0.4 is 5.32 Å². The van der Waals surface area contributed by atoms with Gasteiger partial charge in [-0.2, -0.15) is 0 Å². The topological polar surface area (TPSA) is 41.6 Å². The van der Waals surface area contributed by atoms with Crippen molar-refractivity contribution < 1.29 is 9.53 Å². The maximum absolute atomic E-state index is 11.7. The van der Waals surface area contributed by atoms with Crippen LogP contribution in [0.15, 0.2) is 0 Å². The monoisotopic (exact) mass is 212 g/mol. The molecule has 2 fully saturated rings. The van der Waals surface area contributed by atoms with Gasteiger partial charge in [0.15, 0.2) is 0 Å². The van der Waals surface area contributed by atoms with Crippen molar-refractivity contribution in [2.45, 2.75) is 31.7 Å². The second kappa shape index (κ2) is 5.47. The molecule has 15 heavy (non-hydrogen) atoms. The first-order valence-electron chi connectivity index (χ1n) is 5.95. The van der Waals surface area contributed by atoms with Gasteiger partial charge in [-0.15, -0.1) is 0 Å². The quantitative estimate of drug-likeness (QED) is 0.732. The average molecular weight is 212 g/mol. The maximum atomic E-state index is 11.7. The van der Waals surface area contributed by atoms with Crippen molar-refractivity contribution in [3.05, 3.63) is 0 Å². The van der Waals surface area contributed by atoms with Crippen LogP contribution in [-0.4, -0.2) is 49.7 Å². The first-order chi connectivity index (χ1) is 7.36. The van der Waals surface area contributed by atoms with Crippen LogP contribution in [-0.2, 0) is 9.53 Å². The van der Waals surface area contributed by atoms with Gasteiger partial charge in [-0.1, -0.05) is 0 Å². The fourth-order valence-corrected chi connectivity index (χ4v) is 2.07. The third-order valence-electron chi connectivity index (χ3n) is 3.23. The normalized spacial score (nSPS) is 26.1. The minimum Gasteiger partial charge on any atom is -0.378 e. The van der Waals surface area contributed by atoms with Gasteiger partial charge < -0.3 is 15.0 Å². The lowest BCUT2D eigenvalue weighted by molar-refractivity contribution is -0.135. The number of hydrogen-bond donors (Lipinski definition) is 1. The molecule has 0 spiro atoms. The summed E-state index contributed by atoms with van der Waals surface area (Å²) in [6, 6.07) is 0.683. The molecule has 0 saturated carbocycles. The van der Waals surface area contributed by atoms with Crippen LogP contribution in [0.1, 0.15) is 25.7 Å². The van der Waals surface area contributed by atoms with E-state index in [-0.39, 0.29) is 0 Å². The van der Waals surface area contributed by atoms with E-state index in [1.807, 2.05) is 4.90 Å². The van der Waals surface area contributed by atoms with Crippen LogP contribution in [0.25, 0.3) is 0 Å². The number of nitrogens with zero attached hydrogens (tertiary/aromatic N) is 1. The van der Waals surface area contributed by atoms with Crippen molar-refractivity contribution in [3.63, 3.8) is 0 Å². The average Bonchev–Trinajstić information content (AvgIpc) is 2.23. The van der Waals surface area contributed by atoms with Crippen molar-refractivity contribution in [2.75, 3.05) is 32.8 Å². The molecule has 4 heteroatoms. The Bertz CT molecular complexity index is 211. The number of nitrogens with one attached hydrogen (secondary N) is 1. The Morgan fingerprint density at radius 3 is 2.73 bits per heavy atom. The van der Waals surface area contributed by atoms with Crippen molar-refractivity contribution >= 4 is 5.91 Å². The molecule has 1 N–H and O–H groups in total. The Kier molecular flexibility index (Phi) is 3.97. The molecule has 2 rings (SSSR count). The number of carbonyl (C=O) groups excluding carboxylic acids is 1. The number of hydrogen-bond acceptors (Lipinski definition) is 3. The third kappa shape index (κ3) is 3.18. The van der Waals surface area contributed by atoms with E-state index >= 15 is 0 Å². The molecular formula is C11H20N2O2. The van der Waals surface area contributed by atoms with Gasteiger partial charge in [0.05, 0.1) is 13.2 Å². The Balaban J connectivity index is 1.58. The SMILES string of the molecule is O=C(CCCC1CCN1)N1CCOCC1. The molecule has 2 heterocycles. The summed E-state index contributed by atoms with van der Waals surface area (Å²) in [7, 11) is 0. The van der Waals surface area contributed by atoms with E-state index in [4.69, 9.17) is 4.74 Å². The van der Waals surface area contributed by atoms with Gasteiger partial charge in [0.25, 0.3) is 0 Å². The van der Waals surface area contributed by atoms with Gasteiger partial charge >= 0.3 is 0 Å². The van der Waals surface area contributed by atoms with Crippen molar-refractivity contribution in [3.8, 4) is 0 Å². The van der Waals surface area contributed by atoms with Crippen LogP contribution in [0, 0.1) is 0 Å². The number of carbonyl (C=O) groups is 1. The van der Waals surface area contributed by atoms with Gasteiger partial charge in [0.2, 0.25) is 5.91 Å². The molecule has 0 aromatic carbocycles. The second-order valence-corrected chi connectivity index (χ2v) is 4.33. The molecule has 1 unspecified atom stereocenters. The van der Waals surface area contributed by atoms with Crippen LogP contribution >= 0.6 is 0 Å². The zero-order valence-corrected chi connectivity index (χ0v) is 9.21. The van der Waals surface area contributed by atoms with Gasteiger partial charge in [0, 0.05) is 25.6 Å². The van der Waals surface area contributed by atoms with E-state index < -0.39 is 0 Å². The van der Waals surface area contributed by atoms with E-state index in [9.17, 15) is 4.79 Å². The number of rotatable bonds is 4. The zero-order valence-electron chi connectivity index (χ0n) is 9.21. The molecule has 0 radical (unpaired) electrons. The minimum absolute atomic E-state index is 0.303. The molecule has 2 aliphatic rings. The fraction of sp³-hybridized carbons (Fsp3) is 0.909. The molecule has 0 aromatic heterocycles. The fourth-order valence-electron chi connectivity index (χ4n) is 2.07. The second-order valence-electron chi connectivity index (χ2n) is 4.33. The lowest BCUT2D eigenvalue weighted by Crippen LogP contribution is -2.43. The van der Waals surface area contributed by atoms with Crippen LogP contribution in [0.2, 0.25) is 0 Å². The Labute approximate surface area is 91.0 Å². The van der Waals surface area contributed by atoms with Gasteiger partial charge in [-0.3, -0.25) is 4.79 Å². The highest BCUT2D eigenvalue weighted by atomic mass is 16.5. The largest absolute Gasteiger partial charge is 0.378 e. The first kappa shape index (κ1) is 10.9. The molecular weight excluding hydrogens is 192 g/mol. The molecule has 0 bridgehead atoms. The molecule has 86 valence electrons. The predicted molar refractivity (Wildman–Crippen MR) is 57.7 cm³/mol. The number of amides is 1. The minimum atomic E-state index is 0.303. The predicted octanol–water partition coefficient (Wildman–Crippen LogP) is 0.377. The summed E-state index contributed by atoms with van der Waals surface area (Å²) in [5.41, 5.74) is 0. The van der Waals surface area contributed by atoms with Crippen LogP contribution in [0.3, 0.4) is 0 Å². The summed E-state index contributed by atoms with van der Waals surface area (Å²) in [6.07, 6.45) is 4.16. The number of morpholine rings is 1. The molecule has 1 amide bonds. The van der Waals surface area contributed by atoms with E-state index in [2.05, 4.69) is 5.32 Å². The summed E-state index contributed by atoms with van der Waals surface area (Å²) >= 11 is 0. The highest BCUT2D eigenvalue weighted by Gasteiger charge is 2.19. The Morgan fingerprint density at radius 2 is 2.13 bits per heavy atom. The summed E-state index contributed by atoms with van der Waals surface area (Å²) in [4.78, 5) is 13.7. The summed E-state index contributed by atoms with van der Waals surface area (Å²) in [5, 5.41) is 3.35. The highest BCUT2D eigenvalue weighted by molar-refractivity contribution is 5.76. The summed E-state index contributed by atoms with van der Waals surface area (Å²) < 4.78 is 5.22. The standard InChI is InChI=1S/C11H20N2O2/c14-11(13-6-8-15-9-7-13)3-1-2-10-4-5-12-10/h10,12H,1-9H2. The van der Waals surface area contributed by atoms with Crippen molar-refractivity contribution in [1.29, 1.82) is 0 Å². The summed E-state index contributed by atoms with van der Waals surface area (Å²) in [6.45, 7) is 4.12. The molecule has 2 saturated heterocycles. The summed E-state index contributed by atoms with van der Waals surface area (Å²) in [5.74, 6) is 0.303. The third-order valence-corrected chi connectivity index (χ3v) is 3.23. The van der Waals surface area contributed by atoms with Crippen molar-refractivity contribution in [1.82, 2.24) is 10.2 Å². The van der Waals surface area contributed by atoms with E-state index in [1.54, 1.807) is 0 Å². The van der Waals surface area contributed by atoms with Gasteiger partial charge in [-0.25, -0.2) is 0 Å². The van der Waals surface area contributed by atoms with E-state index in [1.165, 1.54) is 6.42 Å². The lowest BCUT2D eigenvalue weighted by atomic mass is 10.0. The lowest BCUT2D eigenvalue weighted by Gasteiger charge is -2.29.